The van der Waals surface area contributed by atoms with Crippen molar-refractivity contribution in [3.05, 3.63) is 88.6 Å². The minimum atomic E-state index is -1.78. The summed E-state index contributed by atoms with van der Waals surface area (Å²) in [6.07, 6.45) is 2.91. The first-order chi connectivity index (χ1) is 16.6. The summed E-state index contributed by atoms with van der Waals surface area (Å²) in [6, 6.07) is 22.7. The van der Waals surface area contributed by atoms with E-state index < -0.39 is 11.6 Å². The molecule has 0 amide bonds. The predicted octanol–water partition coefficient (Wildman–Crippen LogP) is 4.61. The molecule has 2 bridgehead atoms. The Balaban J connectivity index is 1.25. The Kier molecular flexibility index (Phi) is 6.73. The van der Waals surface area contributed by atoms with E-state index in [1.807, 2.05) is 60.0 Å². The van der Waals surface area contributed by atoms with Gasteiger partial charge in [0.1, 0.15) is 12.3 Å². The van der Waals surface area contributed by atoms with Gasteiger partial charge in [-0.05, 0) is 23.6 Å². The van der Waals surface area contributed by atoms with Crippen LogP contribution in [0.15, 0.2) is 78.2 Å². The average Bonchev–Trinajstić information content (AvgIpc) is 3.44. The molecule has 0 aliphatic carbocycles. The second-order valence-corrected chi connectivity index (χ2v) is 10.5. The first-order valence-electron chi connectivity index (χ1n) is 12.1. The number of fused-ring (bicyclic) bond motifs is 3. The van der Waals surface area contributed by atoms with Crippen molar-refractivity contribution >= 4 is 17.3 Å². The van der Waals surface area contributed by atoms with E-state index in [-0.39, 0.29) is 6.10 Å². The van der Waals surface area contributed by atoms with Crippen LogP contribution in [0.25, 0.3) is 0 Å². The molecule has 3 saturated heterocycles. The fourth-order valence-electron chi connectivity index (χ4n) is 5.52. The van der Waals surface area contributed by atoms with Crippen LogP contribution in [0, 0.1) is 5.92 Å². The van der Waals surface area contributed by atoms with Crippen LogP contribution in [0.1, 0.15) is 29.7 Å². The highest BCUT2D eigenvalue weighted by atomic mass is 32.1. The molecule has 1 unspecified atom stereocenters. The normalized spacial score (nSPS) is 25.4. The number of nitrogens with zero attached hydrogens (tertiary/aromatic N) is 1. The minimum Gasteiger partial charge on any atom is -0.493 e. The summed E-state index contributed by atoms with van der Waals surface area (Å²) in [7, 11) is 0. The molecular weight excluding hydrogens is 446 g/mol. The summed E-state index contributed by atoms with van der Waals surface area (Å²) in [6.45, 7) is 4.76. The number of ether oxygens (including phenoxy) is 2. The zero-order valence-corrected chi connectivity index (χ0v) is 20.2. The van der Waals surface area contributed by atoms with Crippen LogP contribution in [-0.2, 0) is 15.1 Å². The van der Waals surface area contributed by atoms with Gasteiger partial charge in [0, 0.05) is 30.7 Å². The molecule has 0 spiro atoms. The van der Waals surface area contributed by atoms with Gasteiger partial charge in [-0.1, -0.05) is 54.6 Å². The highest BCUT2D eigenvalue weighted by Crippen LogP contribution is 2.39. The largest absolute Gasteiger partial charge is 0.493 e. The Morgan fingerprint density at radius 3 is 2.38 bits per heavy atom. The Morgan fingerprint density at radius 2 is 1.71 bits per heavy atom. The molecule has 4 heterocycles. The molecule has 2 aromatic carbocycles. The van der Waals surface area contributed by atoms with Gasteiger partial charge in [0.25, 0.3) is 0 Å². The molecule has 34 heavy (non-hydrogen) atoms. The van der Waals surface area contributed by atoms with Crippen molar-refractivity contribution in [1.82, 2.24) is 0 Å². The molecule has 6 heteroatoms. The zero-order chi connectivity index (χ0) is 23.4. The minimum absolute atomic E-state index is 0.166. The maximum Gasteiger partial charge on any atom is 0.349 e. The predicted molar refractivity (Wildman–Crippen MR) is 133 cm³/mol. The summed E-state index contributed by atoms with van der Waals surface area (Å²) >= 11 is 1.37. The smallest absolute Gasteiger partial charge is 0.349 e. The topological polar surface area (TPSA) is 55.8 Å². The van der Waals surface area contributed by atoms with Crippen molar-refractivity contribution in [3.8, 4) is 5.75 Å². The van der Waals surface area contributed by atoms with Gasteiger partial charge in [0.2, 0.25) is 5.60 Å². The molecule has 5 nitrogen and oxygen atoms in total. The number of carbonyl (C=O) groups is 1. The van der Waals surface area contributed by atoms with E-state index in [4.69, 9.17) is 9.47 Å². The lowest BCUT2D eigenvalue weighted by Gasteiger charge is -2.52. The summed E-state index contributed by atoms with van der Waals surface area (Å²) in [5.74, 6) is 0.707. The van der Waals surface area contributed by atoms with Gasteiger partial charge in [-0.25, -0.2) is 4.79 Å². The summed E-state index contributed by atoms with van der Waals surface area (Å²) in [5.41, 5.74) is -1.24. The van der Waals surface area contributed by atoms with Crippen molar-refractivity contribution in [2.75, 3.05) is 32.8 Å². The van der Waals surface area contributed by atoms with E-state index in [2.05, 4.69) is 0 Å². The second kappa shape index (κ2) is 9.90. The average molecular weight is 479 g/mol. The van der Waals surface area contributed by atoms with E-state index >= 15 is 0 Å². The zero-order valence-electron chi connectivity index (χ0n) is 19.3. The van der Waals surface area contributed by atoms with E-state index in [0.29, 0.717) is 23.0 Å². The van der Waals surface area contributed by atoms with Crippen LogP contribution >= 0.6 is 11.3 Å². The van der Waals surface area contributed by atoms with Gasteiger partial charge in [-0.3, -0.25) is 0 Å². The van der Waals surface area contributed by atoms with Crippen LogP contribution < -0.4 is 4.74 Å². The summed E-state index contributed by atoms with van der Waals surface area (Å²) < 4.78 is 13.0. The molecule has 3 aromatic rings. The monoisotopic (exact) mass is 478 g/mol. The van der Waals surface area contributed by atoms with Gasteiger partial charge < -0.3 is 19.1 Å². The lowest BCUT2D eigenvalue weighted by Crippen LogP contribution is -2.65. The first-order valence-corrected chi connectivity index (χ1v) is 13.0. The Hall–Kier alpha value is -2.67. The van der Waals surface area contributed by atoms with Crippen molar-refractivity contribution in [3.63, 3.8) is 0 Å². The van der Waals surface area contributed by atoms with Crippen molar-refractivity contribution in [2.24, 2.45) is 5.92 Å². The number of hydrogen-bond donors (Lipinski definition) is 1. The SMILES string of the molecule is O=C(O[C@H]1C[N+]2(CCCOc3ccccc3)CCC1CC2)C(O)(c1ccccc1)c1cccs1. The number of benzene rings is 2. The number of rotatable bonds is 9. The lowest BCUT2D eigenvalue weighted by molar-refractivity contribution is -0.946. The Labute approximate surface area is 205 Å². The molecule has 3 aliphatic heterocycles. The number of carbonyl (C=O) groups excluding carboxylic acids is 1. The fourth-order valence-corrected chi connectivity index (χ4v) is 6.36. The lowest BCUT2D eigenvalue weighted by atomic mass is 9.82. The number of aliphatic hydroxyl groups is 1. The molecule has 3 fully saturated rings. The third kappa shape index (κ3) is 4.63. The molecule has 2 atom stereocenters. The van der Waals surface area contributed by atoms with Gasteiger partial charge in [-0.15, -0.1) is 11.3 Å². The van der Waals surface area contributed by atoms with E-state index in [1.165, 1.54) is 11.3 Å². The molecule has 178 valence electrons. The molecular formula is C28H32NO4S+. The van der Waals surface area contributed by atoms with E-state index in [9.17, 15) is 9.90 Å². The third-order valence-electron chi connectivity index (χ3n) is 7.45. The number of quaternary nitrogens is 1. The van der Waals surface area contributed by atoms with Gasteiger partial charge >= 0.3 is 5.97 Å². The highest BCUT2D eigenvalue weighted by Gasteiger charge is 2.50. The number of thiophene rings is 1. The maximum absolute atomic E-state index is 13.5. The Morgan fingerprint density at radius 1 is 1.00 bits per heavy atom. The van der Waals surface area contributed by atoms with Crippen LogP contribution in [0.4, 0.5) is 0 Å². The van der Waals surface area contributed by atoms with Gasteiger partial charge in [-0.2, -0.15) is 0 Å². The summed E-state index contributed by atoms with van der Waals surface area (Å²) in [5, 5.41) is 13.5. The quantitative estimate of drug-likeness (QED) is 0.277. The van der Waals surface area contributed by atoms with Crippen LogP contribution in [0.5, 0.6) is 5.75 Å². The van der Waals surface area contributed by atoms with Crippen molar-refractivity contribution < 1.29 is 23.9 Å². The molecule has 1 N–H and O–H groups in total. The molecule has 0 radical (unpaired) electrons. The first kappa shape index (κ1) is 23.1. The highest BCUT2D eigenvalue weighted by molar-refractivity contribution is 7.10. The Bertz CT molecular complexity index is 1060. The summed E-state index contributed by atoms with van der Waals surface area (Å²) in [4.78, 5) is 14.1. The van der Waals surface area contributed by atoms with Crippen molar-refractivity contribution in [1.29, 1.82) is 0 Å². The molecule has 1 aromatic heterocycles. The standard InChI is InChI=1S/C28H32NO4S/c30-27(28(31,26-13-7-20-34-26)23-9-3-1-4-10-23)33-25-21-29(17-14-22(25)15-18-29)16-8-19-32-24-11-5-2-6-12-24/h1-7,9-13,20,22,25,31H,8,14-19,21H2/q+1/t22?,25-,28?,29?/m0/s1. The van der Waals surface area contributed by atoms with Crippen LogP contribution in [-0.4, -0.2) is 54.4 Å². The number of hydrogen-bond acceptors (Lipinski definition) is 5. The molecule has 0 saturated carbocycles. The van der Waals surface area contributed by atoms with E-state index in [1.54, 1.807) is 18.2 Å². The van der Waals surface area contributed by atoms with Crippen LogP contribution in [0.3, 0.4) is 0 Å². The molecule has 3 aliphatic rings. The van der Waals surface area contributed by atoms with E-state index in [0.717, 1.165) is 55.7 Å². The molecule has 6 rings (SSSR count). The third-order valence-corrected chi connectivity index (χ3v) is 8.43. The number of piperidine rings is 3. The van der Waals surface area contributed by atoms with Gasteiger partial charge in [0.15, 0.2) is 6.10 Å². The fraction of sp³-hybridized carbons (Fsp3) is 0.393. The van der Waals surface area contributed by atoms with Crippen molar-refractivity contribution in [2.45, 2.75) is 31.0 Å². The maximum atomic E-state index is 13.5. The number of esters is 1. The van der Waals surface area contributed by atoms with Gasteiger partial charge in [0.05, 0.1) is 31.1 Å². The van der Waals surface area contributed by atoms with Crippen LogP contribution in [0.2, 0.25) is 0 Å². The second-order valence-electron chi connectivity index (χ2n) is 9.55. The number of para-hydroxylation sites is 1.